The van der Waals surface area contributed by atoms with Crippen molar-refractivity contribution in [2.24, 2.45) is 5.73 Å². The fourth-order valence-electron chi connectivity index (χ4n) is 1.34. The summed E-state index contributed by atoms with van der Waals surface area (Å²) in [7, 11) is 0. The third-order valence-corrected chi connectivity index (χ3v) is 2.30. The number of carboxylic acids is 1. The van der Waals surface area contributed by atoms with Crippen molar-refractivity contribution in [2.45, 2.75) is 18.9 Å². The number of amides is 2. The number of primary amides is 1. The fourth-order valence-corrected chi connectivity index (χ4v) is 1.34. The molecule has 0 aliphatic carbocycles. The highest BCUT2D eigenvalue weighted by Gasteiger charge is 2.22. The minimum atomic E-state index is -1.33. The maximum Gasteiger partial charge on any atom is 0.326 e. The zero-order chi connectivity index (χ0) is 14.4. The molecule has 0 bridgehead atoms. The van der Waals surface area contributed by atoms with E-state index in [4.69, 9.17) is 10.8 Å². The van der Waals surface area contributed by atoms with E-state index in [2.05, 4.69) is 10.3 Å². The van der Waals surface area contributed by atoms with Crippen LogP contribution in [0.4, 0.5) is 4.39 Å². The Morgan fingerprint density at radius 1 is 1.47 bits per heavy atom. The topological polar surface area (TPSA) is 122 Å². The van der Waals surface area contributed by atoms with E-state index < -0.39 is 29.6 Å². The summed E-state index contributed by atoms with van der Waals surface area (Å²) in [6.07, 6.45) is 1.68. The van der Waals surface area contributed by atoms with Gasteiger partial charge in [0.1, 0.15) is 6.04 Å². The van der Waals surface area contributed by atoms with Crippen molar-refractivity contribution in [3.05, 3.63) is 29.8 Å². The molecule has 4 N–H and O–H groups in total. The van der Waals surface area contributed by atoms with Crippen LogP contribution >= 0.6 is 0 Å². The number of aromatic nitrogens is 1. The van der Waals surface area contributed by atoms with Gasteiger partial charge in [-0.3, -0.25) is 14.6 Å². The summed E-state index contributed by atoms with van der Waals surface area (Å²) < 4.78 is 13.3. The summed E-state index contributed by atoms with van der Waals surface area (Å²) >= 11 is 0. The number of carbonyl (C=O) groups is 3. The molecule has 0 saturated carbocycles. The van der Waals surface area contributed by atoms with Gasteiger partial charge in [-0.05, 0) is 12.5 Å². The van der Waals surface area contributed by atoms with Crippen LogP contribution in [-0.2, 0) is 9.59 Å². The summed E-state index contributed by atoms with van der Waals surface area (Å²) in [4.78, 5) is 36.6. The number of halogens is 1. The molecule has 1 atom stereocenters. The molecule has 0 fully saturated rings. The maximum atomic E-state index is 13.3. The second-order valence-corrected chi connectivity index (χ2v) is 3.72. The van der Waals surface area contributed by atoms with Crippen LogP contribution in [-0.4, -0.2) is 33.9 Å². The molecule has 1 rings (SSSR count). The van der Waals surface area contributed by atoms with E-state index in [0.717, 1.165) is 12.3 Å². The van der Waals surface area contributed by atoms with Crippen LogP contribution in [0.15, 0.2) is 18.5 Å². The fraction of sp³-hybridized carbons (Fsp3) is 0.273. The predicted octanol–water partition coefficient (Wildman–Crippen LogP) is -0.331. The first-order valence-corrected chi connectivity index (χ1v) is 5.33. The van der Waals surface area contributed by atoms with Gasteiger partial charge in [-0.25, -0.2) is 9.18 Å². The van der Waals surface area contributed by atoms with E-state index >= 15 is 0 Å². The molecule has 1 aromatic heterocycles. The lowest BCUT2D eigenvalue weighted by molar-refractivity contribution is -0.139. The molecule has 0 aromatic carbocycles. The largest absolute Gasteiger partial charge is 0.480 e. The van der Waals surface area contributed by atoms with Crippen LogP contribution in [0.25, 0.3) is 0 Å². The van der Waals surface area contributed by atoms with Crippen LogP contribution < -0.4 is 11.1 Å². The van der Waals surface area contributed by atoms with Gasteiger partial charge >= 0.3 is 5.97 Å². The Hall–Kier alpha value is -2.51. The Morgan fingerprint density at radius 2 is 2.16 bits per heavy atom. The summed E-state index contributed by atoms with van der Waals surface area (Å²) in [5, 5.41) is 11.0. The second-order valence-electron chi connectivity index (χ2n) is 3.72. The minimum Gasteiger partial charge on any atom is -0.480 e. The first kappa shape index (κ1) is 14.6. The SMILES string of the molecule is NC(=O)CC[C@H](NC(=O)c1ccncc1F)C(=O)O. The van der Waals surface area contributed by atoms with Gasteiger partial charge in [-0.1, -0.05) is 0 Å². The number of carbonyl (C=O) groups excluding carboxylic acids is 2. The molecule has 19 heavy (non-hydrogen) atoms. The molecule has 2 amide bonds. The number of pyridine rings is 1. The molecule has 7 nitrogen and oxygen atoms in total. The van der Waals surface area contributed by atoms with E-state index in [1.54, 1.807) is 0 Å². The van der Waals surface area contributed by atoms with E-state index in [0.29, 0.717) is 0 Å². The number of rotatable bonds is 6. The van der Waals surface area contributed by atoms with Crippen molar-refractivity contribution in [1.29, 1.82) is 0 Å². The van der Waals surface area contributed by atoms with Gasteiger partial charge in [0, 0.05) is 12.6 Å². The zero-order valence-corrected chi connectivity index (χ0v) is 9.80. The van der Waals surface area contributed by atoms with Crippen molar-refractivity contribution >= 4 is 17.8 Å². The maximum absolute atomic E-state index is 13.3. The summed E-state index contributed by atoms with van der Waals surface area (Å²) in [5.74, 6) is -3.77. The van der Waals surface area contributed by atoms with Gasteiger partial charge in [0.2, 0.25) is 5.91 Å². The Morgan fingerprint density at radius 3 is 2.68 bits per heavy atom. The van der Waals surface area contributed by atoms with Crippen molar-refractivity contribution < 1.29 is 23.9 Å². The monoisotopic (exact) mass is 269 g/mol. The zero-order valence-electron chi connectivity index (χ0n) is 9.80. The molecular weight excluding hydrogens is 257 g/mol. The first-order valence-electron chi connectivity index (χ1n) is 5.33. The Bertz CT molecular complexity index is 506. The number of aliphatic carboxylic acids is 1. The number of nitrogens with zero attached hydrogens (tertiary/aromatic N) is 1. The molecule has 0 aliphatic heterocycles. The highest BCUT2D eigenvalue weighted by Crippen LogP contribution is 2.06. The molecule has 1 heterocycles. The minimum absolute atomic E-state index is 0.164. The standard InChI is InChI=1S/C11H12FN3O4/c12-7-5-14-4-3-6(7)10(17)15-8(11(18)19)1-2-9(13)16/h3-5,8H,1-2H2,(H2,13,16)(H,15,17)(H,18,19)/t8-/m0/s1. The van der Waals surface area contributed by atoms with Gasteiger partial charge < -0.3 is 16.2 Å². The van der Waals surface area contributed by atoms with Crippen molar-refractivity contribution in [3.63, 3.8) is 0 Å². The lowest BCUT2D eigenvalue weighted by Gasteiger charge is -2.13. The van der Waals surface area contributed by atoms with E-state index in [1.165, 1.54) is 6.20 Å². The summed E-state index contributed by atoms with van der Waals surface area (Å²) in [6.45, 7) is 0. The van der Waals surface area contributed by atoms with E-state index in [9.17, 15) is 18.8 Å². The number of nitrogens with two attached hydrogens (primary N) is 1. The number of hydrogen-bond donors (Lipinski definition) is 3. The van der Waals surface area contributed by atoms with Crippen molar-refractivity contribution in [1.82, 2.24) is 10.3 Å². The summed E-state index contributed by atoms with van der Waals surface area (Å²) in [5.41, 5.74) is 4.57. The van der Waals surface area contributed by atoms with Gasteiger partial charge in [-0.15, -0.1) is 0 Å². The number of hydrogen-bond acceptors (Lipinski definition) is 4. The normalized spacial score (nSPS) is 11.6. The van der Waals surface area contributed by atoms with Gasteiger partial charge in [-0.2, -0.15) is 0 Å². The molecular formula is C11H12FN3O4. The van der Waals surface area contributed by atoms with E-state index in [1.807, 2.05) is 0 Å². The van der Waals surface area contributed by atoms with Crippen LogP contribution in [0, 0.1) is 5.82 Å². The smallest absolute Gasteiger partial charge is 0.326 e. The quantitative estimate of drug-likeness (QED) is 0.652. The number of carboxylic acid groups (broad SMARTS) is 1. The first-order chi connectivity index (χ1) is 8.91. The lowest BCUT2D eigenvalue weighted by atomic mass is 10.1. The molecule has 102 valence electrons. The van der Waals surface area contributed by atoms with Crippen molar-refractivity contribution in [3.8, 4) is 0 Å². The Kier molecular flexibility index (Phi) is 4.92. The predicted molar refractivity (Wildman–Crippen MR) is 61.5 cm³/mol. The molecule has 8 heteroatoms. The Labute approximate surface area is 107 Å². The van der Waals surface area contributed by atoms with Crippen LogP contribution in [0.1, 0.15) is 23.2 Å². The average molecular weight is 269 g/mol. The van der Waals surface area contributed by atoms with Crippen molar-refractivity contribution in [2.75, 3.05) is 0 Å². The van der Waals surface area contributed by atoms with Gasteiger partial charge in [0.25, 0.3) is 5.91 Å². The molecule has 0 spiro atoms. The lowest BCUT2D eigenvalue weighted by Crippen LogP contribution is -2.41. The third kappa shape index (κ3) is 4.34. The highest BCUT2D eigenvalue weighted by molar-refractivity contribution is 5.96. The molecule has 0 aliphatic rings. The third-order valence-electron chi connectivity index (χ3n) is 2.30. The summed E-state index contributed by atoms with van der Waals surface area (Å²) in [6, 6.07) is -0.190. The van der Waals surface area contributed by atoms with Crippen LogP contribution in [0.3, 0.4) is 0 Å². The molecule has 0 unspecified atom stereocenters. The molecule has 1 aromatic rings. The van der Waals surface area contributed by atoms with Gasteiger partial charge in [0.15, 0.2) is 5.82 Å². The van der Waals surface area contributed by atoms with E-state index in [-0.39, 0.29) is 18.4 Å². The average Bonchev–Trinajstić information content (AvgIpc) is 2.34. The Balaban J connectivity index is 2.74. The van der Waals surface area contributed by atoms with Crippen LogP contribution in [0.5, 0.6) is 0 Å². The van der Waals surface area contributed by atoms with Crippen LogP contribution in [0.2, 0.25) is 0 Å². The molecule has 0 radical (unpaired) electrons. The van der Waals surface area contributed by atoms with Gasteiger partial charge in [0.05, 0.1) is 11.8 Å². The molecule has 0 saturated heterocycles. The highest BCUT2D eigenvalue weighted by atomic mass is 19.1. The second kappa shape index (κ2) is 6.43. The number of nitrogens with one attached hydrogen (secondary N) is 1.